The monoisotopic (exact) mass is 466 g/mol. The molecule has 168 valence electrons. The van der Waals surface area contributed by atoms with Crippen LogP contribution >= 0.6 is 11.6 Å². The van der Waals surface area contributed by atoms with E-state index < -0.39 is 17.3 Å². The number of nitrogens with zero attached hydrogens (tertiary/aromatic N) is 4. The van der Waals surface area contributed by atoms with Crippen LogP contribution in [-0.4, -0.2) is 30.9 Å². The highest BCUT2D eigenvalue weighted by Gasteiger charge is 2.21. The Hall–Kier alpha value is -3.69. The van der Waals surface area contributed by atoms with E-state index in [-0.39, 0.29) is 11.5 Å². The molecule has 0 radical (unpaired) electrons. The molecule has 0 saturated carbocycles. The Morgan fingerprint density at radius 1 is 1.18 bits per heavy atom. The third kappa shape index (κ3) is 4.74. The predicted octanol–water partition coefficient (Wildman–Crippen LogP) is 3.82. The van der Waals surface area contributed by atoms with E-state index in [1.165, 1.54) is 24.7 Å². The fourth-order valence-electron chi connectivity index (χ4n) is 3.23. The van der Waals surface area contributed by atoms with Crippen LogP contribution in [-0.2, 0) is 12.1 Å². The topological polar surface area (TPSA) is 127 Å². The van der Waals surface area contributed by atoms with Crippen molar-refractivity contribution in [2.45, 2.75) is 26.0 Å². The Kier molecular flexibility index (Phi) is 5.92. The van der Waals surface area contributed by atoms with E-state index in [9.17, 15) is 14.3 Å². The summed E-state index contributed by atoms with van der Waals surface area (Å²) in [5.41, 5.74) is 6.79. The summed E-state index contributed by atoms with van der Waals surface area (Å²) in [7, 11) is 0. The molecule has 0 bridgehead atoms. The molecule has 1 aromatic carbocycles. The van der Waals surface area contributed by atoms with Gasteiger partial charge >= 0.3 is 0 Å². The molecule has 0 saturated heterocycles. The van der Waals surface area contributed by atoms with Gasteiger partial charge in [-0.25, -0.2) is 19.3 Å². The van der Waals surface area contributed by atoms with Crippen LogP contribution in [0, 0.1) is 5.82 Å². The molecule has 0 unspecified atom stereocenters. The van der Waals surface area contributed by atoms with Gasteiger partial charge in [0, 0.05) is 42.3 Å². The second-order valence-corrected chi connectivity index (χ2v) is 8.35. The van der Waals surface area contributed by atoms with Crippen LogP contribution in [0.5, 0.6) is 0 Å². The Bertz CT molecular complexity index is 1360. The number of halogens is 2. The van der Waals surface area contributed by atoms with E-state index in [4.69, 9.17) is 17.3 Å². The van der Waals surface area contributed by atoms with E-state index in [1.807, 2.05) is 6.07 Å². The summed E-state index contributed by atoms with van der Waals surface area (Å²) in [5.74, 6) is -0.918. The third-order valence-corrected chi connectivity index (χ3v) is 5.19. The van der Waals surface area contributed by atoms with Crippen LogP contribution in [0.1, 0.15) is 35.6 Å². The van der Waals surface area contributed by atoms with Crippen molar-refractivity contribution in [1.82, 2.24) is 19.9 Å². The third-order valence-electron chi connectivity index (χ3n) is 4.90. The normalized spacial score (nSPS) is 11.5. The number of benzene rings is 1. The second kappa shape index (κ2) is 8.68. The lowest BCUT2D eigenvalue weighted by Crippen LogP contribution is -2.19. The number of primary amides is 1. The maximum Gasteiger partial charge on any atom is 0.248 e. The van der Waals surface area contributed by atoms with Gasteiger partial charge in [-0.2, -0.15) is 0 Å². The Labute approximate surface area is 193 Å². The molecule has 3 heterocycles. The van der Waals surface area contributed by atoms with E-state index in [2.05, 4.69) is 25.3 Å². The molecular weight excluding hydrogens is 447 g/mol. The first kappa shape index (κ1) is 22.5. The highest BCUT2D eigenvalue weighted by molar-refractivity contribution is 6.34. The Balaban J connectivity index is 1.72. The van der Waals surface area contributed by atoms with E-state index in [0.717, 1.165) is 5.56 Å². The number of aliphatic hydroxyl groups is 1. The van der Waals surface area contributed by atoms with E-state index in [0.29, 0.717) is 39.4 Å². The number of nitrogens with one attached hydrogen (secondary N) is 1. The van der Waals surface area contributed by atoms with Gasteiger partial charge in [-0.3, -0.25) is 9.78 Å². The van der Waals surface area contributed by atoms with Gasteiger partial charge in [0.1, 0.15) is 16.8 Å². The Morgan fingerprint density at radius 3 is 2.58 bits per heavy atom. The number of hydrogen-bond donors (Lipinski definition) is 3. The van der Waals surface area contributed by atoms with Crippen molar-refractivity contribution in [2.75, 3.05) is 5.32 Å². The number of aromatic nitrogens is 4. The molecule has 4 aromatic rings. The minimum Gasteiger partial charge on any atom is -0.382 e. The van der Waals surface area contributed by atoms with Crippen LogP contribution in [0.3, 0.4) is 0 Å². The molecule has 33 heavy (non-hydrogen) atoms. The zero-order chi connectivity index (χ0) is 23.8. The SMILES string of the molecule is CC(C)(O)c1ncc(-c2nc3c(NCc4cccc(C(N)=O)c4)c(Cl)cnc3cc2F)cn1. The summed E-state index contributed by atoms with van der Waals surface area (Å²) >= 11 is 6.37. The smallest absolute Gasteiger partial charge is 0.248 e. The lowest BCUT2D eigenvalue weighted by atomic mass is 10.1. The van der Waals surface area contributed by atoms with Crippen LogP contribution in [0.15, 0.2) is 48.9 Å². The quantitative estimate of drug-likeness (QED) is 0.394. The standard InChI is InChI=1S/C23H20ClFN6O2/c1-23(2,33)22-29-9-14(10-30-22)18-16(25)7-17-20(31-18)19(15(24)11-27-17)28-8-12-4-3-5-13(6-12)21(26)32/h3-7,9-11,33H,8H2,1-2H3,(H2,26,32)(H,27,28). The molecule has 10 heteroatoms. The average Bonchev–Trinajstić information content (AvgIpc) is 2.78. The van der Waals surface area contributed by atoms with Crippen molar-refractivity contribution in [1.29, 1.82) is 0 Å². The molecule has 1 amide bonds. The van der Waals surface area contributed by atoms with E-state index in [1.54, 1.807) is 32.0 Å². The van der Waals surface area contributed by atoms with Crippen LogP contribution in [0.2, 0.25) is 5.02 Å². The minimum absolute atomic E-state index is 0.0210. The van der Waals surface area contributed by atoms with Gasteiger partial charge in [0.15, 0.2) is 11.6 Å². The first-order chi connectivity index (χ1) is 15.6. The van der Waals surface area contributed by atoms with Gasteiger partial charge in [-0.1, -0.05) is 23.7 Å². The van der Waals surface area contributed by atoms with E-state index >= 15 is 0 Å². The van der Waals surface area contributed by atoms with Crippen molar-refractivity contribution in [3.05, 3.63) is 76.7 Å². The first-order valence-electron chi connectivity index (χ1n) is 9.96. The molecule has 0 spiro atoms. The van der Waals surface area contributed by atoms with Crippen LogP contribution in [0.25, 0.3) is 22.3 Å². The van der Waals surface area contributed by atoms with Gasteiger partial charge in [0.2, 0.25) is 5.91 Å². The number of nitrogens with two attached hydrogens (primary N) is 1. The second-order valence-electron chi connectivity index (χ2n) is 7.94. The molecule has 3 aromatic heterocycles. The summed E-state index contributed by atoms with van der Waals surface area (Å²) in [6, 6.07) is 8.12. The molecule has 4 rings (SSSR count). The number of hydrogen-bond acceptors (Lipinski definition) is 7. The summed E-state index contributed by atoms with van der Waals surface area (Å²) in [4.78, 5) is 28.3. The number of carbonyl (C=O) groups is 1. The maximum absolute atomic E-state index is 14.8. The first-order valence-corrected chi connectivity index (χ1v) is 10.3. The van der Waals surface area contributed by atoms with Crippen molar-refractivity contribution in [3.63, 3.8) is 0 Å². The zero-order valence-electron chi connectivity index (χ0n) is 17.8. The van der Waals surface area contributed by atoms with Crippen molar-refractivity contribution in [2.24, 2.45) is 5.73 Å². The largest absolute Gasteiger partial charge is 0.382 e. The summed E-state index contributed by atoms with van der Waals surface area (Å²) in [5, 5.41) is 13.5. The van der Waals surface area contributed by atoms with Gasteiger partial charge in [-0.05, 0) is 31.5 Å². The number of rotatable bonds is 6. The van der Waals surface area contributed by atoms with Crippen molar-refractivity contribution in [3.8, 4) is 11.3 Å². The summed E-state index contributed by atoms with van der Waals surface area (Å²) in [6.07, 6.45) is 4.21. The predicted molar refractivity (Wildman–Crippen MR) is 123 cm³/mol. The van der Waals surface area contributed by atoms with Gasteiger partial charge in [0.05, 0.1) is 16.2 Å². The zero-order valence-corrected chi connectivity index (χ0v) is 18.6. The van der Waals surface area contributed by atoms with Crippen molar-refractivity contribution >= 4 is 34.2 Å². The molecule has 0 fully saturated rings. The molecule has 0 aliphatic heterocycles. The number of fused-ring (bicyclic) bond motifs is 1. The minimum atomic E-state index is -1.23. The van der Waals surface area contributed by atoms with Gasteiger partial charge in [0.25, 0.3) is 0 Å². The van der Waals surface area contributed by atoms with Gasteiger partial charge < -0.3 is 16.2 Å². The lowest BCUT2D eigenvalue weighted by molar-refractivity contribution is 0.0687. The lowest BCUT2D eigenvalue weighted by Gasteiger charge is -2.15. The van der Waals surface area contributed by atoms with Crippen LogP contribution < -0.4 is 11.1 Å². The maximum atomic E-state index is 14.8. The van der Waals surface area contributed by atoms with Gasteiger partial charge in [-0.15, -0.1) is 0 Å². The number of carbonyl (C=O) groups excluding carboxylic acids is 1. The summed E-state index contributed by atoms with van der Waals surface area (Å²) < 4.78 is 14.8. The van der Waals surface area contributed by atoms with Crippen molar-refractivity contribution < 1.29 is 14.3 Å². The molecule has 0 aliphatic carbocycles. The summed E-state index contributed by atoms with van der Waals surface area (Å²) in [6.45, 7) is 3.43. The number of pyridine rings is 2. The molecule has 0 aliphatic rings. The average molecular weight is 467 g/mol. The molecule has 0 atom stereocenters. The number of amides is 1. The highest BCUT2D eigenvalue weighted by Crippen LogP contribution is 2.32. The molecule has 4 N–H and O–H groups in total. The Morgan fingerprint density at radius 2 is 1.91 bits per heavy atom. The van der Waals surface area contributed by atoms with Crippen LogP contribution in [0.4, 0.5) is 10.1 Å². The fourth-order valence-corrected chi connectivity index (χ4v) is 3.43. The highest BCUT2D eigenvalue weighted by atomic mass is 35.5. The molecular formula is C23H20ClFN6O2. The number of anilines is 1. The molecule has 8 nitrogen and oxygen atoms in total. The fraction of sp³-hybridized carbons (Fsp3) is 0.174.